The topological polar surface area (TPSA) is 177 Å². The Kier molecular flexibility index (Phi) is 8.96. The number of hydrazone groups is 1. The fourth-order valence-electron chi connectivity index (χ4n) is 3.13. The van der Waals surface area contributed by atoms with Crippen molar-refractivity contribution in [3.63, 3.8) is 0 Å². The van der Waals surface area contributed by atoms with Gasteiger partial charge in [-0.25, -0.2) is 10.1 Å². The van der Waals surface area contributed by atoms with Crippen LogP contribution in [0.3, 0.4) is 0 Å². The maximum absolute atomic E-state index is 13.1. The predicted octanol–water partition coefficient (Wildman–Crippen LogP) is 0.694. The molecule has 32 heavy (non-hydrogen) atoms. The molecular weight excluding hydrogens is 416 g/mol. The Labute approximate surface area is 184 Å². The van der Waals surface area contributed by atoms with Crippen LogP contribution in [-0.2, 0) is 22.6 Å². The Morgan fingerprint density at radius 1 is 1.09 bits per heavy atom. The molecule has 0 aromatic heterocycles. The summed E-state index contributed by atoms with van der Waals surface area (Å²) in [4.78, 5) is 37.1. The van der Waals surface area contributed by atoms with Crippen LogP contribution in [0.5, 0.6) is 5.75 Å². The van der Waals surface area contributed by atoms with Gasteiger partial charge >= 0.3 is 0 Å². The van der Waals surface area contributed by atoms with Gasteiger partial charge in [-0.05, 0) is 36.1 Å². The summed E-state index contributed by atoms with van der Waals surface area (Å²) in [7, 11) is 0. The van der Waals surface area contributed by atoms with E-state index in [2.05, 4.69) is 10.4 Å². The minimum Gasteiger partial charge on any atom is -0.508 e. The number of phenols is 1. The number of hydrogen-bond acceptors (Lipinski definition) is 5. The summed E-state index contributed by atoms with van der Waals surface area (Å²) in [5.74, 6) is -1.22. The van der Waals surface area contributed by atoms with Gasteiger partial charge in [0.25, 0.3) is 5.96 Å². The van der Waals surface area contributed by atoms with Gasteiger partial charge in [0.05, 0.1) is 6.42 Å². The van der Waals surface area contributed by atoms with E-state index in [9.17, 15) is 24.8 Å². The zero-order chi connectivity index (χ0) is 23.5. The zero-order valence-electron chi connectivity index (χ0n) is 17.4. The molecule has 2 aromatic carbocycles. The second-order valence-corrected chi connectivity index (χ2v) is 7.06. The molecule has 170 valence electrons. The molecule has 2 aromatic rings. The molecule has 11 heteroatoms. The third kappa shape index (κ3) is 7.94. The van der Waals surface area contributed by atoms with Crippen molar-refractivity contribution in [2.45, 2.75) is 31.8 Å². The third-order valence-corrected chi connectivity index (χ3v) is 4.66. The normalized spacial score (nSPS) is 12.1. The summed E-state index contributed by atoms with van der Waals surface area (Å²) in [5.41, 5.74) is 12.5. The Morgan fingerprint density at radius 2 is 1.75 bits per heavy atom. The van der Waals surface area contributed by atoms with E-state index in [1.54, 1.807) is 12.1 Å². The van der Waals surface area contributed by atoms with Crippen LogP contribution in [0.4, 0.5) is 0 Å². The number of benzene rings is 2. The first-order valence-corrected chi connectivity index (χ1v) is 9.89. The molecule has 0 unspecified atom stereocenters. The van der Waals surface area contributed by atoms with E-state index < -0.39 is 17.0 Å². The van der Waals surface area contributed by atoms with Gasteiger partial charge in [-0.3, -0.25) is 9.59 Å². The number of nitrogens with zero attached hydrogens (tertiary/aromatic N) is 3. The molecule has 0 saturated carbocycles. The molecule has 0 saturated heterocycles. The molecule has 0 fully saturated rings. The highest BCUT2D eigenvalue weighted by Gasteiger charge is 2.28. The first-order chi connectivity index (χ1) is 15.3. The van der Waals surface area contributed by atoms with Gasteiger partial charge in [-0.1, -0.05) is 42.5 Å². The average Bonchev–Trinajstić information content (AvgIpc) is 2.74. The smallest absolute Gasteiger partial charge is 0.266 e. The van der Waals surface area contributed by atoms with Gasteiger partial charge in [0, 0.05) is 13.1 Å². The molecule has 0 bridgehead atoms. The number of phenolic OH excluding ortho intramolecular Hbond substituents is 1. The van der Waals surface area contributed by atoms with E-state index >= 15 is 0 Å². The second-order valence-electron chi connectivity index (χ2n) is 7.06. The summed E-state index contributed by atoms with van der Waals surface area (Å²) in [5, 5.41) is 24.4. The highest BCUT2D eigenvalue weighted by Crippen LogP contribution is 2.17. The lowest BCUT2D eigenvalue weighted by Crippen LogP contribution is -2.48. The maximum atomic E-state index is 13.1. The average molecular weight is 442 g/mol. The number of amides is 2. The van der Waals surface area contributed by atoms with E-state index in [0.29, 0.717) is 6.42 Å². The first-order valence-electron chi connectivity index (χ1n) is 9.89. The van der Waals surface area contributed by atoms with Crippen LogP contribution >= 0.6 is 0 Å². The molecule has 0 heterocycles. The number of guanidine groups is 1. The molecule has 2 amide bonds. The van der Waals surface area contributed by atoms with Gasteiger partial charge in [0.2, 0.25) is 11.8 Å². The monoisotopic (exact) mass is 442 g/mol. The van der Waals surface area contributed by atoms with Crippen LogP contribution in [0, 0.1) is 10.1 Å². The van der Waals surface area contributed by atoms with E-state index in [0.717, 1.165) is 11.1 Å². The van der Waals surface area contributed by atoms with Crippen molar-refractivity contribution in [2.24, 2.45) is 16.6 Å². The standard InChI is InChI=1S/C21H26N6O5/c22-20(30)18(7-4-12-24-21(23)25-27(31)32)26(14-16-8-10-17(28)11-9-16)19(29)13-15-5-2-1-3-6-15/h1-3,5-6,8-11,18,28H,4,7,12-14H2,(H2,22,30)(H3,23,24,25)/t18-/m1/s1. The molecule has 6 N–H and O–H groups in total. The Bertz CT molecular complexity index is 949. The van der Waals surface area contributed by atoms with Gasteiger partial charge in [-0.15, -0.1) is 0 Å². The fraction of sp³-hybridized carbons (Fsp3) is 0.286. The third-order valence-electron chi connectivity index (χ3n) is 4.66. The number of aromatic hydroxyl groups is 1. The molecular formula is C21H26N6O5. The molecule has 0 aliphatic rings. The zero-order valence-corrected chi connectivity index (χ0v) is 17.4. The maximum Gasteiger partial charge on any atom is 0.266 e. The second kappa shape index (κ2) is 11.9. The van der Waals surface area contributed by atoms with Gasteiger partial charge in [0.15, 0.2) is 5.03 Å². The predicted molar refractivity (Wildman–Crippen MR) is 118 cm³/mol. The molecule has 0 spiro atoms. The van der Waals surface area contributed by atoms with Crippen molar-refractivity contribution in [1.82, 2.24) is 10.2 Å². The summed E-state index contributed by atoms with van der Waals surface area (Å²) in [6.07, 6.45) is 0.655. The van der Waals surface area contributed by atoms with Crippen molar-refractivity contribution in [3.8, 4) is 5.75 Å². The molecule has 11 nitrogen and oxygen atoms in total. The number of rotatable bonds is 11. The van der Waals surface area contributed by atoms with Crippen LogP contribution in [0.15, 0.2) is 59.7 Å². The molecule has 1 atom stereocenters. The number of nitrogens with one attached hydrogen (secondary N) is 1. The number of hydrogen-bond donors (Lipinski definition) is 4. The van der Waals surface area contributed by atoms with E-state index in [1.807, 2.05) is 30.3 Å². The first kappa shape index (κ1) is 24.1. The van der Waals surface area contributed by atoms with Crippen molar-refractivity contribution in [1.29, 1.82) is 0 Å². The van der Waals surface area contributed by atoms with Gasteiger partial charge in [0.1, 0.15) is 16.9 Å². The molecule has 0 radical (unpaired) electrons. The van der Waals surface area contributed by atoms with Crippen molar-refractivity contribution in [2.75, 3.05) is 6.54 Å². The highest BCUT2D eigenvalue weighted by atomic mass is 16.7. The molecule has 2 rings (SSSR count). The molecule has 0 aliphatic carbocycles. The van der Waals surface area contributed by atoms with Crippen LogP contribution in [0.2, 0.25) is 0 Å². The van der Waals surface area contributed by atoms with Crippen LogP contribution < -0.4 is 16.8 Å². The summed E-state index contributed by atoms with van der Waals surface area (Å²) < 4.78 is 0. The number of carbonyl (C=O) groups excluding carboxylic acids is 2. The Hall–Kier alpha value is -4.15. The Balaban J connectivity index is 2.15. The van der Waals surface area contributed by atoms with Crippen LogP contribution in [-0.4, -0.2) is 45.4 Å². The summed E-state index contributed by atoms with van der Waals surface area (Å²) >= 11 is 0. The highest BCUT2D eigenvalue weighted by molar-refractivity contribution is 5.87. The largest absolute Gasteiger partial charge is 0.508 e. The summed E-state index contributed by atoms with van der Waals surface area (Å²) in [6.45, 7) is 0.324. The van der Waals surface area contributed by atoms with E-state index in [4.69, 9.17) is 11.5 Å². The number of primary amides is 1. The lowest BCUT2D eigenvalue weighted by molar-refractivity contribution is -0.485. The van der Waals surface area contributed by atoms with Crippen molar-refractivity contribution >= 4 is 17.8 Å². The van der Waals surface area contributed by atoms with Gasteiger partial charge < -0.3 is 26.8 Å². The summed E-state index contributed by atoms with van der Waals surface area (Å²) in [6, 6.07) is 14.5. The number of carbonyl (C=O) groups is 2. The molecule has 0 aliphatic heterocycles. The van der Waals surface area contributed by atoms with E-state index in [-0.39, 0.29) is 43.5 Å². The number of nitrogens with two attached hydrogens (primary N) is 2. The van der Waals surface area contributed by atoms with E-state index in [1.165, 1.54) is 17.0 Å². The van der Waals surface area contributed by atoms with Gasteiger partial charge in [-0.2, -0.15) is 0 Å². The van der Waals surface area contributed by atoms with Crippen LogP contribution in [0.25, 0.3) is 0 Å². The lowest BCUT2D eigenvalue weighted by Gasteiger charge is -2.30. The van der Waals surface area contributed by atoms with Crippen LogP contribution in [0.1, 0.15) is 24.0 Å². The SMILES string of the molecule is NC(=O)[C@@H](CCCNC(N)=N[N+](=O)[O-])N(Cc1ccc(O)cc1)C(=O)Cc1ccccc1. The minimum atomic E-state index is -0.920. The fourth-order valence-corrected chi connectivity index (χ4v) is 3.13. The lowest BCUT2D eigenvalue weighted by atomic mass is 10.0. The van der Waals surface area contributed by atoms with Crippen molar-refractivity contribution in [3.05, 3.63) is 75.8 Å². The number of nitro groups is 1. The quantitative estimate of drug-likeness (QED) is 0.130. The Morgan fingerprint density at radius 3 is 2.34 bits per heavy atom. The van der Waals surface area contributed by atoms with Crippen molar-refractivity contribution < 1.29 is 19.7 Å². The minimum absolute atomic E-state index is 0.0856.